The summed E-state index contributed by atoms with van der Waals surface area (Å²) in [4.78, 5) is 21.8. The van der Waals surface area contributed by atoms with E-state index in [4.69, 9.17) is 19.4 Å². The second kappa shape index (κ2) is 13.0. The molecule has 2 aromatic carbocycles. The van der Waals surface area contributed by atoms with E-state index >= 15 is 0 Å². The van der Waals surface area contributed by atoms with Crippen LogP contribution in [0.2, 0.25) is 0 Å². The fourth-order valence-corrected chi connectivity index (χ4v) is 6.44. The number of fused-ring (bicyclic) bond motifs is 1. The third-order valence-electron chi connectivity index (χ3n) is 7.65. The fraction of sp³-hybridized carbons (Fsp3) is 0.281. The molecule has 6 rings (SSSR count). The molecule has 0 atom stereocenters. The van der Waals surface area contributed by atoms with Crippen molar-refractivity contribution in [3.05, 3.63) is 84.7 Å². The van der Waals surface area contributed by atoms with Crippen LogP contribution < -0.4 is 24.2 Å². The van der Waals surface area contributed by atoms with E-state index < -0.39 is 10.0 Å². The Kier molecular flexibility index (Phi) is 8.71. The summed E-state index contributed by atoms with van der Waals surface area (Å²) in [6.07, 6.45) is 4.62. The number of rotatable bonds is 11. The standard InChI is InChI=1S/C32H36N8O4S/c1-4-40(45(3,41)42)30-23(9-8-15-34-30)22-39(24-10-6-5-7-11-24)31-26-14-16-33-29(26)36-32(37-31)35-27-13-12-25(21-28(27)43-2)38-17-19-44-20-18-38/h5-16,21H,4,17-20,22H2,1-3H3,(H2,33,35,36,37). The zero-order chi connectivity index (χ0) is 31.4. The van der Waals surface area contributed by atoms with E-state index in [-0.39, 0.29) is 6.54 Å². The van der Waals surface area contributed by atoms with Crippen LogP contribution in [0.5, 0.6) is 5.75 Å². The number of para-hydroxylation sites is 1. The van der Waals surface area contributed by atoms with E-state index in [2.05, 4.69) is 20.2 Å². The summed E-state index contributed by atoms with van der Waals surface area (Å²) in [6, 6.07) is 21.5. The van der Waals surface area contributed by atoms with Crippen LogP contribution in [0.3, 0.4) is 0 Å². The van der Waals surface area contributed by atoms with Crippen LogP contribution in [-0.2, 0) is 21.3 Å². The molecule has 0 amide bonds. The van der Waals surface area contributed by atoms with Crippen LogP contribution >= 0.6 is 0 Å². The van der Waals surface area contributed by atoms with Gasteiger partial charge in [0.1, 0.15) is 23.0 Å². The average molecular weight is 629 g/mol. The van der Waals surface area contributed by atoms with E-state index in [1.165, 1.54) is 10.6 Å². The Hall–Kier alpha value is -4.88. The highest BCUT2D eigenvalue weighted by atomic mass is 32.2. The lowest BCUT2D eigenvalue weighted by atomic mass is 10.2. The summed E-state index contributed by atoms with van der Waals surface area (Å²) < 4.78 is 38.0. The zero-order valence-electron chi connectivity index (χ0n) is 25.5. The topological polar surface area (TPSA) is 129 Å². The van der Waals surface area contributed by atoms with Crippen molar-refractivity contribution in [2.45, 2.75) is 13.5 Å². The Labute approximate surface area is 262 Å². The molecule has 12 nitrogen and oxygen atoms in total. The average Bonchev–Trinajstić information content (AvgIpc) is 3.53. The molecular formula is C32H36N8O4S. The highest BCUT2D eigenvalue weighted by molar-refractivity contribution is 7.92. The molecule has 0 unspecified atom stereocenters. The first-order chi connectivity index (χ1) is 21.9. The molecule has 234 valence electrons. The second-order valence-corrected chi connectivity index (χ2v) is 12.5. The molecule has 4 heterocycles. The van der Waals surface area contributed by atoms with Gasteiger partial charge in [-0.05, 0) is 43.3 Å². The van der Waals surface area contributed by atoms with Crippen molar-refractivity contribution < 1.29 is 17.9 Å². The number of aromatic amines is 1. The van der Waals surface area contributed by atoms with Crippen LogP contribution in [0.25, 0.3) is 11.0 Å². The molecule has 0 aliphatic carbocycles. The summed E-state index contributed by atoms with van der Waals surface area (Å²) in [5.41, 5.74) is 4.02. The van der Waals surface area contributed by atoms with Crippen molar-refractivity contribution in [3.63, 3.8) is 0 Å². The number of nitrogens with one attached hydrogen (secondary N) is 2. The lowest BCUT2D eigenvalue weighted by Gasteiger charge is -2.29. The lowest BCUT2D eigenvalue weighted by Crippen LogP contribution is -2.36. The number of ether oxygens (including phenoxy) is 2. The van der Waals surface area contributed by atoms with Gasteiger partial charge in [0.15, 0.2) is 0 Å². The van der Waals surface area contributed by atoms with E-state index in [9.17, 15) is 8.42 Å². The number of anilines is 6. The van der Waals surface area contributed by atoms with E-state index in [1.54, 1.807) is 20.2 Å². The molecular weight excluding hydrogens is 592 g/mol. The number of hydrogen-bond donors (Lipinski definition) is 2. The molecule has 0 spiro atoms. The van der Waals surface area contributed by atoms with Gasteiger partial charge in [0, 0.05) is 55.0 Å². The third-order valence-corrected chi connectivity index (χ3v) is 8.88. The monoisotopic (exact) mass is 628 g/mol. The Morgan fingerprint density at radius 2 is 1.82 bits per heavy atom. The lowest BCUT2D eigenvalue weighted by molar-refractivity contribution is 0.122. The Bertz CT molecular complexity index is 1880. The predicted molar refractivity (Wildman–Crippen MR) is 178 cm³/mol. The van der Waals surface area contributed by atoms with Crippen LogP contribution in [0.1, 0.15) is 12.5 Å². The maximum Gasteiger partial charge on any atom is 0.233 e. The number of aromatic nitrogens is 4. The maximum atomic E-state index is 12.7. The van der Waals surface area contributed by atoms with Crippen LogP contribution in [0.4, 0.5) is 34.6 Å². The van der Waals surface area contributed by atoms with Crippen LogP contribution in [0, 0.1) is 0 Å². The molecule has 13 heteroatoms. The van der Waals surface area contributed by atoms with E-state index in [1.807, 2.05) is 77.8 Å². The Morgan fingerprint density at radius 1 is 1.02 bits per heavy atom. The molecule has 5 aromatic rings. The molecule has 0 saturated carbocycles. The van der Waals surface area contributed by atoms with Gasteiger partial charge in [-0.2, -0.15) is 9.97 Å². The van der Waals surface area contributed by atoms with Gasteiger partial charge in [0.25, 0.3) is 0 Å². The zero-order valence-corrected chi connectivity index (χ0v) is 26.3. The minimum Gasteiger partial charge on any atom is -0.494 e. The Balaban J connectivity index is 1.41. The number of sulfonamides is 1. The summed E-state index contributed by atoms with van der Waals surface area (Å²) in [5, 5.41) is 4.17. The number of H-pyrrole nitrogens is 1. The van der Waals surface area contributed by atoms with Crippen molar-refractivity contribution in [1.29, 1.82) is 0 Å². The normalized spacial score (nSPS) is 13.5. The number of nitrogens with zero attached hydrogens (tertiary/aromatic N) is 6. The molecule has 3 aromatic heterocycles. The predicted octanol–water partition coefficient (Wildman–Crippen LogP) is 5.07. The minimum atomic E-state index is -3.55. The van der Waals surface area contributed by atoms with Gasteiger partial charge < -0.3 is 29.6 Å². The quantitative estimate of drug-likeness (QED) is 0.205. The van der Waals surface area contributed by atoms with Crippen molar-refractivity contribution in [2.75, 3.05) is 65.6 Å². The molecule has 1 fully saturated rings. The molecule has 1 aliphatic heterocycles. The number of morpholine rings is 1. The number of benzene rings is 2. The first-order valence-corrected chi connectivity index (χ1v) is 16.6. The summed E-state index contributed by atoms with van der Waals surface area (Å²) in [5.74, 6) is 2.05. The molecule has 45 heavy (non-hydrogen) atoms. The number of pyridine rings is 1. The first kappa shape index (κ1) is 30.2. The SMILES string of the molecule is CCN(c1ncccc1CN(c1ccccc1)c1nc(Nc2ccc(N3CCOCC3)cc2OC)nc2[nH]ccc12)S(C)(=O)=O. The first-order valence-electron chi connectivity index (χ1n) is 14.7. The number of methoxy groups -OCH3 is 1. The summed E-state index contributed by atoms with van der Waals surface area (Å²) >= 11 is 0. The Morgan fingerprint density at radius 3 is 2.56 bits per heavy atom. The molecule has 0 radical (unpaired) electrons. The van der Waals surface area contributed by atoms with E-state index in [0.717, 1.165) is 41.1 Å². The van der Waals surface area contributed by atoms with Gasteiger partial charge in [-0.15, -0.1) is 0 Å². The molecule has 1 saturated heterocycles. The fourth-order valence-electron chi connectivity index (χ4n) is 5.49. The van der Waals surface area contributed by atoms with Gasteiger partial charge in [-0.3, -0.25) is 4.31 Å². The van der Waals surface area contributed by atoms with Gasteiger partial charge in [0.05, 0.1) is 44.2 Å². The van der Waals surface area contributed by atoms with E-state index in [0.29, 0.717) is 48.7 Å². The van der Waals surface area contributed by atoms with Crippen molar-refractivity contribution in [1.82, 2.24) is 19.9 Å². The van der Waals surface area contributed by atoms with Crippen molar-refractivity contribution >= 4 is 55.7 Å². The number of hydrogen-bond acceptors (Lipinski definition) is 10. The largest absolute Gasteiger partial charge is 0.494 e. The van der Waals surface area contributed by atoms with Gasteiger partial charge in [-0.1, -0.05) is 24.3 Å². The molecule has 2 N–H and O–H groups in total. The van der Waals surface area contributed by atoms with Gasteiger partial charge in [-0.25, -0.2) is 13.4 Å². The third kappa shape index (κ3) is 6.49. The highest BCUT2D eigenvalue weighted by Gasteiger charge is 2.24. The van der Waals surface area contributed by atoms with Gasteiger partial charge >= 0.3 is 0 Å². The highest BCUT2D eigenvalue weighted by Crippen LogP contribution is 2.36. The molecule has 0 bridgehead atoms. The van der Waals surface area contributed by atoms with Crippen LogP contribution in [0.15, 0.2) is 79.1 Å². The smallest absolute Gasteiger partial charge is 0.233 e. The van der Waals surface area contributed by atoms with Gasteiger partial charge in [0.2, 0.25) is 16.0 Å². The maximum absolute atomic E-state index is 12.7. The second-order valence-electron chi connectivity index (χ2n) is 10.6. The minimum absolute atomic E-state index is 0.254. The molecule has 1 aliphatic rings. The van der Waals surface area contributed by atoms with Crippen molar-refractivity contribution in [2.24, 2.45) is 0 Å². The summed E-state index contributed by atoms with van der Waals surface area (Å²) in [6.45, 7) is 5.37. The summed E-state index contributed by atoms with van der Waals surface area (Å²) in [7, 11) is -1.91. The van der Waals surface area contributed by atoms with Crippen LogP contribution in [-0.4, -0.2) is 74.6 Å². The van der Waals surface area contributed by atoms with Crippen molar-refractivity contribution in [3.8, 4) is 5.75 Å².